The molecular weight excluding hydrogens is 176 g/mol. The first kappa shape index (κ1) is 7.50. The third-order valence-corrected chi connectivity index (χ3v) is 2.57. The van der Waals surface area contributed by atoms with Gasteiger partial charge in [0.05, 0.1) is 18.3 Å². The van der Waals surface area contributed by atoms with Gasteiger partial charge in [-0.2, -0.15) is 5.10 Å². The maximum atomic E-state index is 11.7. The molecule has 3 rings (SSSR count). The van der Waals surface area contributed by atoms with E-state index in [0.29, 0.717) is 6.42 Å². The average Bonchev–Trinajstić information content (AvgIpc) is 2.66. The van der Waals surface area contributed by atoms with Gasteiger partial charge in [0.1, 0.15) is 0 Å². The van der Waals surface area contributed by atoms with Gasteiger partial charge in [-0.25, -0.2) is 0 Å². The molecule has 0 saturated heterocycles. The molecule has 0 saturated carbocycles. The molecule has 1 aliphatic rings. The normalized spacial score (nSPS) is 13.6. The number of hydrogen-bond donors (Lipinski definition) is 1. The Morgan fingerprint density at radius 3 is 2.79 bits per heavy atom. The lowest BCUT2D eigenvalue weighted by Crippen LogP contribution is -2.11. The average molecular weight is 184 g/mol. The standard InChI is InChI=1S/C11H8N2O/c14-11-5-10-9(6-12-13-10)7-3-1-2-4-8(7)11/h1-4,6H,5H2,(H,12,13). The zero-order chi connectivity index (χ0) is 9.54. The van der Waals surface area contributed by atoms with Crippen molar-refractivity contribution in [3.63, 3.8) is 0 Å². The number of hydrogen-bond acceptors (Lipinski definition) is 2. The summed E-state index contributed by atoms with van der Waals surface area (Å²) in [5, 5.41) is 6.82. The fourth-order valence-electron chi connectivity index (χ4n) is 1.90. The lowest BCUT2D eigenvalue weighted by molar-refractivity contribution is 0.0991. The van der Waals surface area contributed by atoms with Crippen LogP contribution in [0.4, 0.5) is 0 Å². The smallest absolute Gasteiger partial charge is 0.169 e. The first-order valence-corrected chi connectivity index (χ1v) is 4.51. The van der Waals surface area contributed by atoms with Gasteiger partial charge in [0.2, 0.25) is 0 Å². The van der Waals surface area contributed by atoms with Crippen molar-refractivity contribution in [3.05, 3.63) is 41.7 Å². The van der Waals surface area contributed by atoms with E-state index in [2.05, 4.69) is 10.2 Å². The molecule has 14 heavy (non-hydrogen) atoms. The Morgan fingerprint density at radius 2 is 1.93 bits per heavy atom. The Balaban J connectivity index is 2.36. The van der Waals surface area contributed by atoms with Crippen molar-refractivity contribution in [1.82, 2.24) is 10.2 Å². The van der Waals surface area contributed by atoms with Gasteiger partial charge in [0.25, 0.3) is 0 Å². The number of nitrogens with one attached hydrogen (secondary N) is 1. The van der Waals surface area contributed by atoms with Crippen molar-refractivity contribution in [2.45, 2.75) is 6.42 Å². The van der Waals surface area contributed by atoms with Crippen molar-refractivity contribution in [2.75, 3.05) is 0 Å². The van der Waals surface area contributed by atoms with Crippen LogP contribution in [0.1, 0.15) is 16.1 Å². The molecular formula is C11H8N2O. The van der Waals surface area contributed by atoms with Gasteiger partial charge in [-0.1, -0.05) is 24.3 Å². The number of nitrogens with zero attached hydrogens (tertiary/aromatic N) is 1. The highest BCUT2D eigenvalue weighted by Gasteiger charge is 2.22. The molecule has 1 N–H and O–H groups in total. The molecule has 2 aromatic rings. The summed E-state index contributed by atoms with van der Waals surface area (Å²) in [6.07, 6.45) is 2.22. The maximum absolute atomic E-state index is 11.7. The highest BCUT2D eigenvalue weighted by Crippen LogP contribution is 2.31. The van der Waals surface area contributed by atoms with Crippen LogP contribution in [0, 0.1) is 0 Å². The molecule has 0 radical (unpaired) electrons. The quantitative estimate of drug-likeness (QED) is 0.678. The summed E-state index contributed by atoms with van der Waals surface area (Å²) in [5.74, 6) is 0.164. The highest BCUT2D eigenvalue weighted by atomic mass is 16.1. The molecule has 1 heterocycles. The predicted octanol–water partition coefficient (Wildman–Crippen LogP) is 1.82. The van der Waals surface area contributed by atoms with E-state index in [1.165, 1.54) is 0 Å². The van der Waals surface area contributed by atoms with Gasteiger partial charge in [-0.05, 0) is 5.56 Å². The second-order valence-electron chi connectivity index (χ2n) is 3.41. The van der Waals surface area contributed by atoms with Crippen molar-refractivity contribution in [3.8, 4) is 11.1 Å². The Bertz CT molecular complexity index is 514. The number of H-pyrrole nitrogens is 1. The van der Waals surface area contributed by atoms with E-state index >= 15 is 0 Å². The molecule has 0 fully saturated rings. The molecule has 1 aliphatic carbocycles. The van der Waals surface area contributed by atoms with Gasteiger partial charge in [-0.3, -0.25) is 9.89 Å². The van der Waals surface area contributed by atoms with Crippen molar-refractivity contribution < 1.29 is 4.79 Å². The third-order valence-electron chi connectivity index (χ3n) is 2.57. The Labute approximate surface area is 80.8 Å². The molecule has 0 unspecified atom stereocenters. The van der Waals surface area contributed by atoms with E-state index in [1.807, 2.05) is 24.3 Å². The lowest BCUT2D eigenvalue weighted by atomic mass is 9.89. The molecule has 1 aromatic carbocycles. The molecule has 0 amide bonds. The van der Waals surface area contributed by atoms with Gasteiger partial charge < -0.3 is 0 Å². The number of ketones is 1. The monoisotopic (exact) mass is 184 g/mol. The van der Waals surface area contributed by atoms with Crippen LogP contribution in [0.5, 0.6) is 0 Å². The van der Waals surface area contributed by atoms with Crippen LogP contribution >= 0.6 is 0 Å². The number of aromatic amines is 1. The van der Waals surface area contributed by atoms with Gasteiger partial charge in [-0.15, -0.1) is 0 Å². The number of benzene rings is 1. The second-order valence-corrected chi connectivity index (χ2v) is 3.41. The topological polar surface area (TPSA) is 45.8 Å². The van der Waals surface area contributed by atoms with Crippen LogP contribution in [0.3, 0.4) is 0 Å². The number of carbonyl (C=O) groups is 1. The molecule has 3 heteroatoms. The summed E-state index contributed by atoms with van der Waals surface area (Å²) in [6, 6.07) is 7.66. The Hall–Kier alpha value is -1.90. The molecule has 0 bridgehead atoms. The van der Waals surface area contributed by atoms with Crippen LogP contribution in [0.15, 0.2) is 30.5 Å². The number of aromatic nitrogens is 2. The maximum Gasteiger partial charge on any atom is 0.169 e. The van der Waals surface area contributed by atoms with Crippen LogP contribution in [0.2, 0.25) is 0 Å². The Morgan fingerprint density at radius 1 is 1.14 bits per heavy atom. The molecule has 0 spiro atoms. The van der Waals surface area contributed by atoms with Gasteiger partial charge in [0.15, 0.2) is 5.78 Å². The molecule has 0 aliphatic heterocycles. The summed E-state index contributed by atoms with van der Waals surface area (Å²) in [4.78, 5) is 11.7. The molecule has 3 nitrogen and oxygen atoms in total. The second kappa shape index (κ2) is 2.54. The first-order chi connectivity index (χ1) is 6.86. The summed E-state index contributed by atoms with van der Waals surface area (Å²) in [5.41, 5.74) is 3.78. The summed E-state index contributed by atoms with van der Waals surface area (Å²) in [7, 11) is 0. The summed E-state index contributed by atoms with van der Waals surface area (Å²) < 4.78 is 0. The van der Waals surface area contributed by atoms with Crippen LogP contribution in [-0.2, 0) is 6.42 Å². The summed E-state index contributed by atoms with van der Waals surface area (Å²) in [6.45, 7) is 0. The number of fused-ring (bicyclic) bond motifs is 3. The number of rotatable bonds is 0. The fourth-order valence-corrected chi connectivity index (χ4v) is 1.90. The minimum atomic E-state index is 0.164. The zero-order valence-electron chi connectivity index (χ0n) is 7.45. The van der Waals surface area contributed by atoms with E-state index in [-0.39, 0.29) is 5.78 Å². The van der Waals surface area contributed by atoms with Crippen LogP contribution in [-0.4, -0.2) is 16.0 Å². The SMILES string of the molecule is O=C1Cc2[nH]ncc2-c2ccccc21. The van der Waals surface area contributed by atoms with Gasteiger partial charge in [0, 0.05) is 11.1 Å². The minimum absolute atomic E-state index is 0.164. The molecule has 1 aromatic heterocycles. The van der Waals surface area contributed by atoms with Crippen LogP contribution in [0.25, 0.3) is 11.1 Å². The van der Waals surface area contributed by atoms with E-state index < -0.39 is 0 Å². The largest absolute Gasteiger partial charge is 0.294 e. The van der Waals surface area contributed by atoms with Crippen LogP contribution < -0.4 is 0 Å². The first-order valence-electron chi connectivity index (χ1n) is 4.51. The van der Waals surface area contributed by atoms with E-state index in [9.17, 15) is 4.79 Å². The Kier molecular flexibility index (Phi) is 1.36. The van der Waals surface area contributed by atoms with Gasteiger partial charge >= 0.3 is 0 Å². The minimum Gasteiger partial charge on any atom is -0.294 e. The molecule has 0 atom stereocenters. The van der Waals surface area contributed by atoms with Crippen molar-refractivity contribution in [2.24, 2.45) is 0 Å². The number of Topliss-reactive ketones (excluding diaryl/α,β-unsaturated/α-hetero) is 1. The molecule has 68 valence electrons. The lowest BCUT2D eigenvalue weighted by Gasteiger charge is -2.13. The van der Waals surface area contributed by atoms with E-state index in [1.54, 1.807) is 6.20 Å². The zero-order valence-corrected chi connectivity index (χ0v) is 7.45. The van der Waals surface area contributed by atoms with E-state index in [4.69, 9.17) is 0 Å². The van der Waals surface area contributed by atoms with E-state index in [0.717, 1.165) is 22.4 Å². The third kappa shape index (κ3) is 0.865. The number of carbonyl (C=O) groups excluding carboxylic acids is 1. The fraction of sp³-hybridized carbons (Fsp3) is 0.0909. The predicted molar refractivity (Wildman–Crippen MR) is 52.1 cm³/mol. The van der Waals surface area contributed by atoms with Crippen molar-refractivity contribution >= 4 is 5.78 Å². The summed E-state index contributed by atoms with van der Waals surface area (Å²) >= 11 is 0. The highest BCUT2D eigenvalue weighted by molar-refractivity contribution is 6.06. The van der Waals surface area contributed by atoms with Crippen molar-refractivity contribution in [1.29, 1.82) is 0 Å².